The summed E-state index contributed by atoms with van der Waals surface area (Å²) in [5.41, 5.74) is 2.83. The molecule has 1 aliphatic heterocycles. The smallest absolute Gasteiger partial charge is 0.0208 e. The van der Waals surface area contributed by atoms with Crippen molar-refractivity contribution in [3.63, 3.8) is 0 Å². The zero-order chi connectivity index (χ0) is 12.8. The summed E-state index contributed by atoms with van der Waals surface area (Å²) in [7, 11) is 0. The second kappa shape index (κ2) is 6.91. The predicted molar refractivity (Wildman–Crippen MR) is 77.7 cm³/mol. The number of piperidine rings is 1. The van der Waals surface area contributed by atoms with Gasteiger partial charge in [0.25, 0.3) is 0 Å². The molecule has 1 saturated heterocycles. The molecule has 1 aromatic carbocycles. The molecule has 0 bridgehead atoms. The van der Waals surface area contributed by atoms with Crippen LogP contribution in [-0.2, 0) is 6.54 Å². The molecule has 1 fully saturated rings. The van der Waals surface area contributed by atoms with Crippen molar-refractivity contribution in [1.82, 2.24) is 10.2 Å². The van der Waals surface area contributed by atoms with Crippen molar-refractivity contribution < 1.29 is 0 Å². The summed E-state index contributed by atoms with van der Waals surface area (Å²) in [6.45, 7) is 10.4. The fourth-order valence-corrected chi connectivity index (χ4v) is 2.73. The Hall–Kier alpha value is -0.860. The van der Waals surface area contributed by atoms with Crippen molar-refractivity contribution in [1.29, 1.82) is 0 Å². The molecule has 0 amide bonds. The van der Waals surface area contributed by atoms with Gasteiger partial charge in [-0.1, -0.05) is 31.2 Å². The van der Waals surface area contributed by atoms with Crippen LogP contribution >= 0.6 is 0 Å². The Bertz CT molecular complexity index is 354. The van der Waals surface area contributed by atoms with E-state index in [4.69, 9.17) is 0 Å². The molecule has 0 spiro atoms. The highest BCUT2D eigenvalue weighted by Gasteiger charge is 2.17. The van der Waals surface area contributed by atoms with Gasteiger partial charge in [0.1, 0.15) is 0 Å². The number of nitrogens with one attached hydrogen (secondary N) is 1. The van der Waals surface area contributed by atoms with Crippen molar-refractivity contribution in [2.75, 3.05) is 26.2 Å². The maximum atomic E-state index is 3.63. The SMILES string of the molecule is CCN1CCC(CNCc2ccccc2C)CC1. The quantitative estimate of drug-likeness (QED) is 0.859. The van der Waals surface area contributed by atoms with Crippen LogP contribution in [0.15, 0.2) is 24.3 Å². The van der Waals surface area contributed by atoms with Crippen LogP contribution in [0, 0.1) is 12.8 Å². The first-order valence-electron chi connectivity index (χ1n) is 7.27. The Kier molecular flexibility index (Phi) is 5.21. The Balaban J connectivity index is 1.69. The second-order valence-corrected chi connectivity index (χ2v) is 5.44. The number of aryl methyl sites for hydroxylation is 1. The van der Waals surface area contributed by atoms with Crippen LogP contribution in [0.3, 0.4) is 0 Å². The van der Waals surface area contributed by atoms with Crippen molar-refractivity contribution >= 4 is 0 Å². The molecule has 2 rings (SSSR count). The van der Waals surface area contributed by atoms with Crippen molar-refractivity contribution in [2.45, 2.75) is 33.2 Å². The highest BCUT2D eigenvalue weighted by molar-refractivity contribution is 5.25. The van der Waals surface area contributed by atoms with Gasteiger partial charge in [0.2, 0.25) is 0 Å². The second-order valence-electron chi connectivity index (χ2n) is 5.44. The van der Waals surface area contributed by atoms with Crippen LogP contribution in [0.5, 0.6) is 0 Å². The van der Waals surface area contributed by atoms with Crippen LogP contribution in [0.1, 0.15) is 30.9 Å². The van der Waals surface area contributed by atoms with Gasteiger partial charge in [-0.3, -0.25) is 0 Å². The molecule has 1 N–H and O–H groups in total. The van der Waals surface area contributed by atoms with E-state index in [9.17, 15) is 0 Å². The van der Waals surface area contributed by atoms with E-state index in [2.05, 4.69) is 48.3 Å². The minimum atomic E-state index is 0.872. The van der Waals surface area contributed by atoms with E-state index < -0.39 is 0 Å². The largest absolute Gasteiger partial charge is 0.312 e. The van der Waals surface area contributed by atoms with E-state index in [1.54, 1.807) is 0 Å². The Morgan fingerprint density at radius 3 is 2.61 bits per heavy atom. The number of likely N-dealkylation sites (tertiary alicyclic amines) is 1. The molecule has 0 aliphatic carbocycles. The molecule has 1 heterocycles. The normalized spacial score (nSPS) is 18.1. The van der Waals surface area contributed by atoms with Gasteiger partial charge in [-0.05, 0) is 63.0 Å². The molecule has 2 nitrogen and oxygen atoms in total. The van der Waals surface area contributed by atoms with Crippen LogP contribution < -0.4 is 5.32 Å². The molecule has 1 aromatic rings. The van der Waals surface area contributed by atoms with Crippen LogP contribution in [-0.4, -0.2) is 31.1 Å². The molecule has 0 saturated carbocycles. The summed E-state index contributed by atoms with van der Waals surface area (Å²) < 4.78 is 0. The lowest BCUT2D eigenvalue weighted by Gasteiger charge is -2.31. The maximum Gasteiger partial charge on any atom is 0.0208 e. The predicted octanol–water partition coefficient (Wildman–Crippen LogP) is 2.82. The topological polar surface area (TPSA) is 15.3 Å². The first-order chi connectivity index (χ1) is 8.79. The number of hydrogen-bond acceptors (Lipinski definition) is 2. The highest BCUT2D eigenvalue weighted by atomic mass is 15.1. The lowest BCUT2D eigenvalue weighted by atomic mass is 9.96. The van der Waals surface area contributed by atoms with E-state index in [1.165, 1.54) is 50.1 Å². The number of rotatable bonds is 5. The van der Waals surface area contributed by atoms with Gasteiger partial charge in [0.15, 0.2) is 0 Å². The van der Waals surface area contributed by atoms with Gasteiger partial charge in [0, 0.05) is 6.54 Å². The fraction of sp³-hybridized carbons (Fsp3) is 0.625. The van der Waals surface area contributed by atoms with Crippen molar-refractivity contribution in [3.05, 3.63) is 35.4 Å². The maximum absolute atomic E-state index is 3.63. The van der Waals surface area contributed by atoms with Crippen LogP contribution in [0.4, 0.5) is 0 Å². The van der Waals surface area contributed by atoms with E-state index in [-0.39, 0.29) is 0 Å². The summed E-state index contributed by atoms with van der Waals surface area (Å²) in [6, 6.07) is 8.65. The number of nitrogens with zero attached hydrogens (tertiary/aromatic N) is 1. The third-order valence-electron chi connectivity index (χ3n) is 4.16. The number of benzene rings is 1. The summed E-state index contributed by atoms with van der Waals surface area (Å²) in [4.78, 5) is 2.55. The molecule has 1 aliphatic rings. The Morgan fingerprint density at radius 2 is 1.94 bits per heavy atom. The monoisotopic (exact) mass is 246 g/mol. The summed E-state index contributed by atoms with van der Waals surface area (Å²) >= 11 is 0. The van der Waals surface area contributed by atoms with E-state index in [0.717, 1.165) is 12.5 Å². The average molecular weight is 246 g/mol. The zero-order valence-corrected chi connectivity index (χ0v) is 11.8. The summed E-state index contributed by atoms with van der Waals surface area (Å²) in [5.74, 6) is 0.872. The first kappa shape index (κ1) is 13.6. The molecular formula is C16H26N2. The minimum absolute atomic E-state index is 0.872. The molecule has 2 heteroatoms. The molecular weight excluding hydrogens is 220 g/mol. The summed E-state index contributed by atoms with van der Waals surface area (Å²) in [6.07, 6.45) is 2.71. The average Bonchev–Trinajstić information content (AvgIpc) is 2.42. The summed E-state index contributed by atoms with van der Waals surface area (Å²) in [5, 5.41) is 3.63. The van der Waals surface area contributed by atoms with Gasteiger partial charge in [-0.2, -0.15) is 0 Å². The molecule has 18 heavy (non-hydrogen) atoms. The Morgan fingerprint density at radius 1 is 1.22 bits per heavy atom. The fourth-order valence-electron chi connectivity index (χ4n) is 2.73. The van der Waals surface area contributed by atoms with Gasteiger partial charge in [-0.15, -0.1) is 0 Å². The standard InChI is InChI=1S/C16H26N2/c1-3-18-10-8-15(9-11-18)12-17-13-16-7-5-4-6-14(16)2/h4-7,15,17H,3,8-13H2,1-2H3. The van der Waals surface area contributed by atoms with E-state index in [1.807, 2.05) is 0 Å². The molecule has 0 atom stereocenters. The third kappa shape index (κ3) is 3.82. The Labute approximate surface area is 111 Å². The van der Waals surface area contributed by atoms with Crippen molar-refractivity contribution in [3.8, 4) is 0 Å². The zero-order valence-electron chi connectivity index (χ0n) is 11.8. The molecule has 0 aromatic heterocycles. The molecule has 0 unspecified atom stereocenters. The van der Waals surface area contributed by atoms with Crippen LogP contribution in [0.2, 0.25) is 0 Å². The number of hydrogen-bond donors (Lipinski definition) is 1. The van der Waals surface area contributed by atoms with Gasteiger partial charge in [0.05, 0.1) is 0 Å². The van der Waals surface area contributed by atoms with E-state index in [0.29, 0.717) is 0 Å². The minimum Gasteiger partial charge on any atom is -0.312 e. The van der Waals surface area contributed by atoms with E-state index >= 15 is 0 Å². The highest BCUT2D eigenvalue weighted by Crippen LogP contribution is 2.16. The van der Waals surface area contributed by atoms with Gasteiger partial charge in [-0.25, -0.2) is 0 Å². The molecule has 0 radical (unpaired) electrons. The van der Waals surface area contributed by atoms with Gasteiger partial charge >= 0.3 is 0 Å². The lowest BCUT2D eigenvalue weighted by molar-refractivity contribution is 0.190. The molecule has 100 valence electrons. The van der Waals surface area contributed by atoms with Crippen LogP contribution in [0.25, 0.3) is 0 Å². The first-order valence-corrected chi connectivity index (χ1v) is 7.27. The van der Waals surface area contributed by atoms with Gasteiger partial charge < -0.3 is 10.2 Å². The van der Waals surface area contributed by atoms with Crippen molar-refractivity contribution in [2.24, 2.45) is 5.92 Å². The lowest BCUT2D eigenvalue weighted by Crippen LogP contribution is -2.37. The third-order valence-corrected chi connectivity index (χ3v) is 4.16.